The summed E-state index contributed by atoms with van der Waals surface area (Å²) in [6.07, 6.45) is 1.66. The first-order chi connectivity index (χ1) is 15.4. The van der Waals surface area contributed by atoms with Crippen LogP contribution in [0.25, 0.3) is 28.2 Å². The van der Waals surface area contributed by atoms with Crippen molar-refractivity contribution in [1.82, 2.24) is 9.55 Å². The van der Waals surface area contributed by atoms with Crippen LogP contribution in [-0.2, 0) is 4.79 Å². The van der Waals surface area contributed by atoms with E-state index in [9.17, 15) is 9.59 Å². The van der Waals surface area contributed by atoms with E-state index in [0.717, 1.165) is 19.3 Å². The third kappa shape index (κ3) is 3.63. The van der Waals surface area contributed by atoms with Crippen LogP contribution < -0.4 is 15.6 Å². The van der Waals surface area contributed by atoms with Gasteiger partial charge in [0.1, 0.15) is 11.6 Å². The van der Waals surface area contributed by atoms with Crippen molar-refractivity contribution in [3.63, 3.8) is 0 Å². The van der Waals surface area contributed by atoms with E-state index in [1.165, 1.54) is 4.57 Å². The maximum absolute atomic E-state index is 13.6. The summed E-state index contributed by atoms with van der Waals surface area (Å²) in [5, 5.41) is 3.37. The molecule has 1 aliphatic rings. The third-order valence-electron chi connectivity index (χ3n) is 5.21. The number of aromatic nitrogens is 2. The van der Waals surface area contributed by atoms with Crippen molar-refractivity contribution >= 4 is 72.7 Å². The lowest BCUT2D eigenvalue weighted by Crippen LogP contribution is -2.22. The van der Waals surface area contributed by atoms with E-state index in [2.05, 4.69) is 43.8 Å². The standard InChI is InChI=1S/C24H15BrIN3O3/c1-32-16-4-2-3-15(11-16)29-22(27-21-8-6-14(26)10-19(21)24(29)31)12-18-17-9-13(25)5-7-20(17)28-23(18)30/h2-12H,1H3,(H,28,30). The van der Waals surface area contributed by atoms with Gasteiger partial charge in [0.2, 0.25) is 0 Å². The second kappa shape index (κ2) is 8.18. The lowest BCUT2D eigenvalue weighted by Gasteiger charge is -2.13. The molecule has 0 aliphatic carbocycles. The number of nitrogens with one attached hydrogen (secondary N) is 1. The summed E-state index contributed by atoms with van der Waals surface area (Å²) < 4.78 is 8.65. The van der Waals surface area contributed by atoms with Crippen LogP contribution in [-0.4, -0.2) is 22.6 Å². The minimum Gasteiger partial charge on any atom is -0.497 e. The van der Waals surface area contributed by atoms with E-state index in [-0.39, 0.29) is 11.5 Å². The van der Waals surface area contributed by atoms with Crippen molar-refractivity contribution in [3.05, 3.63) is 90.4 Å². The van der Waals surface area contributed by atoms with E-state index in [0.29, 0.717) is 33.7 Å². The number of anilines is 1. The maximum atomic E-state index is 13.6. The number of hydrogen-bond acceptors (Lipinski definition) is 4. The molecule has 3 aromatic carbocycles. The molecule has 32 heavy (non-hydrogen) atoms. The Labute approximate surface area is 205 Å². The van der Waals surface area contributed by atoms with Crippen molar-refractivity contribution in [3.8, 4) is 11.4 Å². The van der Waals surface area contributed by atoms with Crippen LogP contribution in [0.1, 0.15) is 11.4 Å². The molecule has 1 amide bonds. The number of halogens is 2. The molecule has 0 unspecified atom stereocenters. The topological polar surface area (TPSA) is 73.2 Å². The number of rotatable bonds is 3. The average molecular weight is 600 g/mol. The van der Waals surface area contributed by atoms with Crippen LogP contribution in [0, 0.1) is 3.57 Å². The number of carbonyl (C=O) groups excluding carboxylic acids is 1. The van der Waals surface area contributed by atoms with Gasteiger partial charge in [-0.3, -0.25) is 14.2 Å². The zero-order valence-electron chi connectivity index (χ0n) is 16.7. The number of nitrogens with zero attached hydrogens (tertiary/aromatic N) is 2. The highest BCUT2D eigenvalue weighted by Gasteiger charge is 2.25. The monoisotopic (exact) mass is 599 g/mol. The Balaban J connectivity index is 1.82. The molecule has 0 spiro atoms. The van der Waals surface area contributed by atoms with Gasteiger partial charge in [0.15, 0.2) is 0 Å². The molecule has 0 saturated carbocycles. The minimum absolute atomic E-state index is 0.221. The Morgan fingerprint density at radius 3 is 2.75 bits per heavy atom. The summed E-state index contributed by atoms with van der Waals surface area (Å²) >= 11 is 5.64. The van der Waals surface area contributed by atoms with E-state index >= 15 is 0 Å². The highest BCUT2D eigenvalue weighted by atomic mass is 127. The number of hydrogen-bond donors (Lipinski definition) is 1. The van der Waals surface area contributed by atoms with Crippen LogP contribution in [0.4, 0.5) is 5.69 Å². The lowest BCUT2D eigenvalue weighted by molar-refractivity contribution is -0.110. The van der Waals surface area contributed by atoms with Gasteiger partial charge in [0.25, 0.3) is 11.5 Å². The highest BCUT2D eigenvalue weighted by Crippen LogP contribution is 2.35. The molecule has 4 aromatic rings. The number of methoxy groups -OCH3 is 1. The summed E-state index contributed by atoms with van der Waals surface area (Å²) in [7, 11) is 1.57. The molecule has 0 atom stereocenters. The second-order valence-electron chi connectivity index (χ2n) is 7.18. The van der Waals surface area contributed by atoms with Gasteiger partial charge in [0.05, 0.1) is 29.3 Å². The molecular formula is C24H15BrIN3O3. The van der Waals surface area contributed by atoms with Gasteiger partial charge in [-0.25, -0.2) is 4.98 Å². The predicted octanol–water partition coefficient (Wildman–Crippen LogP) is 5.25. The molecule has 158 valence electrons. The summed E-state index contributed by atoms with van der Waals surface area (Å²) in [5.41, 5.74) is 2.85. The van der Waals surface area contributed by atoms with Gasteiger partial charge in [-0.15, -0.1) is 0 Å². The van der Waals surface area contributed by atoms with E-state index in [4.69, 9.17) is 9.72 Å². The normalized spacial score (nSPS) is 14.0. The SMILES string of the molecule is COc1cccc(-n2c(C=C3C(=O)Nc4ccc(Br)cc43)nc3ccc(I)cc3c2=O)c1. The van der Waals surface area contributed by atoms with Crippen LogP contribution in [0.3, 0.4) is 0 Å². The van der Waals surface area contributed by atoms with Crippen LogP contribution in [0.15, 0.2) is 69.9 Å². The largest absolute Gasteiger partial charge is 0.497 e. The molecule has 2 heterocycles. The number of carbonyl (C=O) groups is 1. The molecule has 1 N–H and O–H groups in total. The molecule has 1 aliphatic heterocycles. The first-order valence-electron chi connectivity index (χ1n) is 9.64. The molecule has 5 rings (SSSR count). The molecular weight excluding hydrogens is 585 g/mol. The fraction of sp³-hybridized carbons (Fsp3) is 0.0417. The van der Waals surface area contributed by atoms with Crippen molar-refractivity contribution < 1.29 is 9.53 Å². The fourth-order valence-electron chi connectivity index (χ4n) is 3.70. The summed E-state index contributed by atoms with van der Waals surface area (Å²) in [5.74, 6) is 0.728. The van der Waals surface area contributed by atoms with Gasteiger partial charge < -0.3 is 10.1 Å². The molecule has 0 bridgehead atoms. The Morgan fingerprint density at radius 2 is 1.94 bits per heavy atom. The Bertz CT molecular complexity index is 1510. The van der Waals surface area contributed by atoms with Crippen molar-refractivity contribution in [2.24, 2.45) is 0 Å². The smallest absolute Gasteiger partial charge is 0.266 e. The molecule has 1 aromatic heterocycles. The van der Waals surface area contributed by atoms with Crippen LogP contribution in [0.2, 0.25) is 0 Å². The summed E-state index contributed by atoms with van der Waals surface area (Å²) in [6.45, 7) is 0. The third-order valence-corrected chi connectivity index (χ3v) is 6.37. The minimum atomic E-state index is -0.243. The Morgan fingerprint density at radius 1 is 1.09 bits per heavy atom. The Hall–Kier alpha value is -2.98. The highest BCUT2D eigenvalue weighted by molar-refractivity contribution is 14.1. The zero-order valence-corrected chi connectivity index (χ0v) is 20.5. The van der Waals surface area contributed by atoms with Gasteiger partial charge in [-0.2, -0.15) is 0 Å². The zero-order chi connectivity index (χ0) is 22.4. The fourth-order valence-corrected chi connectivity index (χ4v) is 4.56. The molecule has 0 fully saturated rings. The van der Waals surface area contributed by atoms with Crippen LogP contribution in [0.5, 0.6) is 5.75 Å². The number of ether oxygens (including phenoxy) is 1. The molecule has 0 saturated heterocycles. The number of fused-ring (bicyclic) bond motifs is 2. The molecule has 6 nitrogen and oxygen atoms in total. The second-order valence-corrected chi connectivity index (χ2v) is 9.34. The summed E-state index contributed by atoms with van der Waals surface area (Å²) in [4.78, 5) is 31.1. The van der Waals surface area contributed by atoms with Crippen LogP contribution >= 0.6 is 38.5 Å². The first kappa shape index (κ1) is 20.9. The quantitative estimate of drug-likeness (QED) is 0.258. The first-order valence-corrected chi connectivity index (χ1v) is 11.5. The number of benzene rings is 3. The maximum Gasteiger partial charge on any atom is 0.266 e. The van der Waals surface area contributed by atoms with Gasteiger partial charge in [-0.05, 0) is 77.2 Å². The average Bonchev–Trinajstić information content (AvgIpc) is 3.09. The van der Waals surface area contributed by atoms with Crippen molar-refractivity contribution in [1.29, 1.82) is 0 Å². The summed E-state index contributed by atoms with van der Waals surface area (Å²) in [6, 6.07) is 18.3. The Kier molecular flexibility index (Phi) is 5.34. The van der Waals surface area contributed by atoms with E-state index in [1.54, 1.807) is 19.3 Å². The predicted molar refractivity (Wildman–Crippen MR) is 137 cm³/mol. The van der Waals surface area contributed by atoms with E-state index < -0.39 is 0 Å². The van der Waals surface area contributed by atoms with Crippen molar-refractivity contribution in [2.75, 3.05) is 12.4 Å². The van der Waals surface area contributed by atoms with Crippen molar-refractivity contribution in [2.45, 2.75) is 0 Å². The van der Waals surface area contributed by atoms with Gasteiger partial charge in [0, 0.05) is 25.4 Å². The lowest BCUT2D eigenvalue weighted by atomic mass is 10.1. The molecule has 0 radical (unpaired) electrons. The van der Waals surface area contributed by atoms with Gasteiger partial charge >= 0.3 is 0 Å². The molecule has 8 heteroatoms. The number of amides is 1. The van der Waals surface area contributed by atoms with Gasteiger partial charge in [-0.1, -0.05) is 22.0 Å². The van der Waals surface area contributed by atoms with E-state index in [1.807, 2.05) is 54.6 Å².